The number of carbonyl (C=O) groups excluding carboxylic acids is 1. The maximum atomic E-state index is 12.6. The molecular weight excluding hydrogens is 428 g/mol. The van der Waals surface area contributed by atoms with Crippen LogP contribution < -0.4 is 19.7 Å². The Morgan fingerprint density at radius 1 is 1.09 bits per heavy atom. The van der Waals surface area contributed by atoms with Gasteiger partial charge in [0.15, 0.2) is 5.82 Å². The minimum absolute atomic E-state index is 0.0372. The number of rotatable bonds is 7. The van der Waals surface area contributed by atoms with Gasteiger partial charge in [-0.1, -0.05) is 29.8 Å². The van der Waals surface area contributed by atoms with Gasteiger partial charge in [0.25, 0.3) is 5.88 Å². The fraction of sp³-hybridized carbons (Fsp3) is 0.292. The summed E-state index contributed by atoms with van der Waals surface area (Å²) in [6.45, 7) is 1.87. The number of carbonyl (C=O) groups is 1. The predicted molar refractivity (Wildman–Crippen MR) is 123 cm³/mol. The third-order valence-corrected chi connectivity index (χ3v) is 5.66. The van der Waals surface area contributed by atoms with Crippen molar-refractivity contribution in [2.75, 3.05) is 25.1 Å². The fourth-order valence-corrected chi connectivity index (χ4v) is 3.93. The van der Waals surface area contributed by atoms with Crippen molar-refractivity contribution in [3.05, 3.63) is 71.5 Å². The lowest BCUT2D eigenvalue weighted by Gasteiger charge is -2.32. The van der Waals surface area contributed by atoms with Gasteiger partial charge in [-0.05, 0) is 42.7 Å². The van der Waals surface area contributed by atoms with Gasteiger partial charge in [-0.3, -0.25) is 4.79 Å². The minimum atomic E-state index is -0.0372. The highest BCUT2D eigenvalue weighted by molar-refractivity contribution is 6.30. The SMILES string of the molecule is COc1cccc(Oc2nccnc2N2CCC(C(=O)NCc3cccc(Cl)c3)CC2)c1. The van der Waals surface area contributed by atoms with Crippen molar-refractivity contribution in [3.8, 4) is 17.4 Å². The average molecular weight is 453 g/mol. The molecule has 1 fully saturated rings. The molecule has 1 N–H and O–H groups in total. The molecule has 8 heteroatoms. The van der Waals surface area contributed by atoms with Gasteiger partial charge >= 0.3 is 0 Å². The Morgan fingerprint density at radius 3 is 2.62 bits per heavy atom. The highest BCUT2D eigenvalue weighted by atomic mass is 35.5. The fourth-order valence-electron chi connectivity index (χ4n) is 3.72. The van der Waals surface area contributed by atoms with Crippen molar-refractivity contribution in [1.82, 2.24) is 15.3 Å². The molecule has 0 atom stereocenters. The standard InChI is InChI=1S/C24H25ClN4O3/c1-31-20-6-3-7-21(15-20)32-24-22(26-10-11-27-24)29-12-8-18(9-13-29)23(30)28-16-17-4-2-5-19(25)14-17/h2-7,10-11,14-15,18H,8-9,12-13,16H2,1H3,(H,28,30). The van der Waals surface area contributed by atoms with Crippen LogP contribution in [0.2, 0.25) is 5.02 Å². The number of benzene rings is 2. The number of ether oxygens (including phenoxy) is 2. The van der Waals surface area contributed by atoms with Crippen molar-refractivity contribution in [2.45, 2.75) is 19.4 Å². The van der Waals surface area contributed by atoms with E-state index in [2.05, 4.69) is 20.2 Å². The molecular formula is C24H25ClN4O3. The summed E-state index contributed by atoms with van der Waals surface area (Å²) in [7, 11) is 1.61. The van der Waals surface area contributed by atoms with Crippen molar-refractivity contribution < 1.29 is 14.3 Å². The molecule has 1 amide bonds. The van der Waals surface area contributed by atoms with E-state index in [0.29, 0.717) is 47.9 Å². The van der Waals surface area contributed by atoms with E-state index in [4.69, 9.17) is 21.1 Å². The van der Waals surface area contributed by atoms with E-state index in [1.54, 1.807) is 25.6 Å². The molecule has 0 saturated carbocycles. The number of nitrogens with one attached hydrogen (secondary N) is 1. The molecule has 3 aromatic rings. The van der Waals surface area contributed by atoms with Crippen molar-refractivity contribution >= 4 is 23.3 Å². The number of hydrogen-bond donors (Lipinski definition) is 1. The van der Waals surface area contributed by atoms with Crippen molar-refractivity contribution in [1.29, 1.82) is 0 Å². The Labute approximate surface area is 192 Å². The molecule has 0 radical (unpaired) electrons. The quantitative estimate of drug-likeness (QED) is 0.570. The van der Waals surface area contributed by atoms with Crippen LogP contribution in [-0.2, 0) is 11.3 Å². The van der Waals surface area contributed by atoms with Gasteiger partial charge in [0.1, 0.15) is 11.5 Å². The smallest absolute Gasteiger partial charge is 0.263 e. The molecule has 166 valence electrons. The van der Waals surface area contributed by atoms with Crippen molar-refractivity contribution in [2.24, 2.45) is 5.92 Å². The lowest BCUT2D eigenvalue weighted by molar-refractivity contribution is -0.125. The number of methoxy groups -OCH3 is 1. The van der Waals surface area contributed by atoms with Gasteiger partial charge in [0.05, 0.1) is 7.11 Å². The summed E-state index contributed by atoms with van der Waals surface area (Å²) in [6, 6.07) is 14.9. The molecule has 1 saturated heterocycles. The Balaban J connectivity index is 1.35. The van der Waals surface area contributed by atoms with Crippen LogP contribution in [0.4, 0.5) is 5.82 Å². The molecule has 0 aliphatic carbocycles. The molecule has 2 aromatic carbocycles. The van der Waals surface area contributed by atoms with Gasteiger partial charge in [0, 0.05) is 49.0 Å². The third kappa shape index (κ3) is 5.48. The summed E-state index contributed by atoms with van der Waals surface area (Å²) >= 11 is 6.02. The summed E-state index contributed by atoms with van der Waals surface area (Å²) in [5.41, 5.74) is 0.988. The summed E-state index contributed by atoms with van der Waals surface area (Å²) in [6.07, 6.45) is 4.72. The molecule has 32 heavy (non-hydrogen) atoms. The number of halogens is 1. The molecule has 1 aliphatic heterocycles. The van der Waals surface area contributed by atoms with Crippen LogP contribution in [-0.4, -0.2) is 36.1 Å². The maximum Gasteiger partial charge on any atom is 0.263 e. The van der Waals surface area contributed by atoms with Gasteiger partial charge in [-0.2, -0.15) is 0 Å². The summed E-state index contributed by atoms with van der Waals surface area (Å²) in [4.78, 5) is 23.6. The highest BCUT2D eigenvalue weighted by Crippen LogP contribution is 2.32. The zero-order valence-corrected chi connectivity index (χ0v) is 18.6. The predicted octanol–water partition coefficient (Wildman–Crippen LogP) is 4.46. The van der Waals surface area contributed by atoms with Gasteiger partial charge in [-0.15, -0.1) is 0 Å². The first-order valence-electron chi connectivity index (χ1n) is 10.5. The lowest BCUT2D eigenvalue weighted by atomic mass is 9.96. The van der Waals surface area contributed by atoms with E-state index in [0.717, 1.165) is 18.4 Å². The minimum Gasteiger partial charge on any atom is -0.497 e. The molecule has 2 heterocycles. The second-order valence-electron chi connectivity index (χ2n) is 7.58. The zero-order chi connectivity index (χ0) is 22.3. The van der Waals surface area contributed by atoms with E-state index in [1.165, 1.54) is 0 Å². The Hall–Kier alpha value is -3.32. The third-order valence-electron chi connectivity index (χ3n) is 5.42. The molecule has 0 spiro atoms. The second kappa shape index (κ2) is 10.3. The monoisotopic (exact) mass is 452 g/mol. The Bertz CT molecular complexity index is 1070. The topological polar surface area (TPSA) is 76.6 Å². The largest absolute Gasteiger partial charge is 0.497 e. The Kier molecular flexibility index (Phi) is 7.07. The number of amides is 1. The zero-order valence-electron chi connectivity index (χ0n) is 17.8. The summed E-state index contributed by atoms with van der Waals surface area (Å²) in [5.74, 6) is 2.47. The number of nitrogens with zero attached hydrogens (tertiary/aromatic N) is 3. The first kappa shape index (κ1) is 21.9. The van der Waals surface area contributed by atoms with Crippen LogP contribution in [0.25, 0.3) is 0 Å². The first-order chi connectivity index (χ1) is 15.6. The van der Waals surface area contributed by atoms with Crippen LogP contribution in [0.15, 0.2) is 60.9 Å². The normalized spacial score (nSPS) is 14.1. The van der Waals surface area contributed by atoms with E-state index in [9.17, 15) is 4.79 Å². The average Bonchev–Trinajstić information content (AvgIpc) is 2.83. The van der Waals surface area contributed by atoms with Crippen molar-refractivity contribution in [3.63, 3.8) is 0 Å². The number of hydrogen-bond acceptors (Lipinski definition) is 6. The van der Waals surface area contributed by atoms with E-state index < -0.39 is 0 Å². The second-order valence-corrected chi connectivity index (χ2v) is 8.01. The van der Waals surface area contributed by atoms with E-state index in [1.807, 2.05) is 42.5 Å². The molecule has 1 aromatic heterocycles. The molecule has 0 bridgehead atoms. The number of aromatic nitrogens is 2. The van der Waals surface area contributed by atoms with Gasteiger partial charge in [-0.25, -0.2) is 9.97 Å². The summed E-state index contributed by atoms with van der Waals surface area (Å²) in [5, 5.41) is 3.69. The van der Waals surface area contributed by atoms with Crippen LogP contribution in [0, 0.1) is 5.92 Å². The molecule has 0 unspecified atom stereocenters. The lowest BCUT2D eigenvalue weighted by Crippen LogP contribution is -2.40. The van der Waals surface area contributed by atoms with E-state index >= 15 is 0 Å². The first-order valence-corrected chi connectivity index (χ1v) is 10.9. The van der Waals surface area contributed by atoms with Crippen LogP contribution in [0.5, 0.6) is 17.4 Å². The highest BCUT2D eigenvalue weighted by Gasteiger charge is 2.27. The number of anilines is 1. The Morgan fingerprint density at radius 2 is 1.84 bits per heavy atom. The van der Waals surface area contributed by atoms with Gasteiger partial charge < -0.3 is 19.7 Å². The summed E-state index contributed by atoms with van der Waals surface area (Å²) < 4.78 is 11.2. The molecule has 7 nitrogen and oxygen atoms in total. The van der Waals surface area contributed by atoms with E-state index in [-0.39, 0.29) is 11.8 Å². The van der Waals surface area contributed by atoms with Crippen LogP contribution in [0.3, 0.4) is 0 Å². The van der Waals surface area contributed by atoms with Crippen LogP contribution >= 0.6 is 11.6 Å². The van der Waals surface area contributed by atoms with Gasteiger partial charge in [0.2, 0.25) is 5.91 Å². The molecule has 1 aliphatic rings. The number of piperidine rings is 1. The maximum absolute atomic E-state index is 12.6. The van der Waals surface area contributed by atoms with Crippen LogP contribution in [0.1, 0.15) is 18.4 Å². The molecule has 4 rings (SSSR count).